The Morgan fingerprint density at radius 3 is 2.58 bits per heavy atom. The Morgan fingerprint density at radius 1 is 1.08 bits per heavy atom. The van der Waals surface area contributed by atoms with Crippen LogP contribution in [0.15, 0.2) is 54.7 Å². The number of para-hydroxylation sites is 1. The highest BCUT2D eigenvalue weighted by molar-refractivity contribution is 6.04. The number of H-pyrrole nitrogens is 1. The summed E-state index contributed by atoms with van der Waals surface area (Å²) in [4.78, 5) is 34.0. The number of carbonyl (C=O) groups excluding carboxylic acids is 2. The van der Waals surface area contributed by atoms with Crippen LogP contribution < -0.4 is 10.1 Å². The van der Waals surface area contributed by atoms with Crippen molar-refractivity contribution in [3.63, 3.8) is 0 Å². The number of amides is 3. The highest BCUT2D eigenvalue weighted by Crippen LogP contribution is 2.35. The molecule has 9 nitrogen and oxygen atoms in total. The molecule has 0 unspecified atom stereocenters. The van der Waals surface area contributed by atoms with Crippen molar-refractivity contribution in [3.05, 3.63) is 60.3 Å². The van der Waals surface area contributed by atoms with Crippen LogP contribution in [-0.2, 0) is 0 Å². The molecule has 1 fully saturated rings. The number of aromatic amines is 1. The second-order valence-electron chi connectivity index (χ2n) is 9.95. The van der Waals surface area contributed by atoms with E-state index in [1.54, 1.807) is 33.5 Å². The maximum atomic E-state index is 13.1. The normalized spacial score (nSPS) is 13.9. The van der Waals surface area contributed by atoms with E-state index in [4.69, 9.17) is 4.74 Å². The number of hydrogen-bond acceptors (Lipinski definition) is 5. The fourth-order valence-electron chi connectivity index (χ4n) is 4.77. The quantitative estimate of drug-likeness (QED) is 0.379. The Balaban J connectivity index is 1.51. The van der Waals surface area contributed by atoms with Crippen molar-refractivity contribution < 1.29 is 14.3 Å². The molecular formula is C29H32N6O3. The molecule has 0 saturated carbocycles. The van der Waals surface area contributed by atoms with Gasteiger partial charge in [-0.1, -0.05) is 25.1 Å². The summed E-state index contributed by atoms with van der Waals surface area (Å²) in [6.07, 6.45) is 3.70. The Hall–Kier alpha value is -4.40. The number of nitrogens with one attached hydrogen (secondary N) is 2. The molecule has 38 heavy (non-hydrogen) atoms. The lowest BCUT2D eigenvalue weighted by Gasteiger charge is -2.30. The third kappa shape index (κ3) is 4.91. The molecule has 3 heterocycles. The van der Waals surface area contributed by atoms with Crippen LogP contribution in [0.4, 0.5) is 10.5 Å². The highest BCUT2D eigenvalue weighted by atomic mass is 16.5. The van der Waals surface area contributed by atoms with Crippen LogP contribution in [-0.4, -0.2) is 71.2 Å². The fourth-order valence-corrected chi connectivity index (χ4v) is 4.77. The van der Waals surface area contributed by atoms with Gasteiger partial charge in [-0.3, -0.25) is 9.89 Å². The first-order valence-corrected chi connectivity index (χ1v) is 12.7. The third-order valence-electron chi connectivity index (χ3n) is 7.09. The summed E-state index contributed by atoms with van der Waals surface area (Å²) in [5.74, 6) is 1.15. The Labute approximate surface area is 221 Å². The summed E-state index contributed by atoms with van der Waals surface area (Å²) in [7, 11) is 5.03. The number of aromatic nitrogens is 3. The van der Waals surface area contributed by atoms with Gasteiger partial charge in [0.2, 0.25) is 0 Å². The van der Waals surface area contributed by atoms with E-state index in [9.17, 15) is 9.59 Å². The van der Waals surface area contributed by atoms with Crippen LogP contribution in [0, 0.1) is 5.92 Å². The SMILES string of the molecule is COc1ccccc1-c1[nH]nc2ncc(-c3ccc(NC(=O)N4CCC(C)CC4)c(C(=O)N(C)C)c3)cc12. The zero-order valence-electron chi connectivity index (χ0n) is 22.1. The van der Waals surface area contributed by atoms with Crippen LogP contribution in [0.5, 0.6) is 5.75 Å². The predicted molar refractivity (Wildman–Crippen MR) is 148 cm³/mol. The van der Waals surface area contributed by atoms with Crippen LogP contribution in [0.2, 0.25) is 0 Å². The van der Waals surface area contributed by atoms with E-state index in [1.165, 1.54) is 4.90 Å². The molecule has 2 N–H and O–H groups in total. The first kappa shape index (κ1) is 25.3. The van der Waals surface area contributed by atoms with E-state index in [2.05, 4.69) is 27.4 Å². The fraction of sp³-hybridized carbons (Fsp3) is 0.310. The highest BCUT2D eigenvalue weighted by Gasteiger charge is 2.23. The second kappa shape index (κ2) is 10.5. The van der Waals surface area contributed by atoms with Crippen LogP contribution in [0.1, 0.15) is 30.1 Å². The van der Waals surface area contributed by atoms with E-state index in [-0.39, 0.29) is 11.9 Å². The van der Waals surface area contributed by atoms with Gasteiger partial charge >= 0.3 is 6.03 Å². The average molecular weight is 513 g/mol. The van der Waals surface area contributed by atoms with Gasteiger partial charge in [-0.2, -0.15) is 5.10 Å². The van der Waals surface area contributed by atoms with Crippen molar-refractivity contribution in [2.24, 2.45) is 5.92 Å². The number of pyridine rings is 1. The smallest absolute Gasteiger partial charge is 0.321 e. The second-order valence-corrected chi connectivity index (χ2v) is 9.95. The number of rotatable bonds is 5. The maximum absolute atomic E-state index is 13.1. The van der Waals surface area contributed by atoms with Gasteiger partial charge in [0, 0.05) is 49.9 Å². The molecule has 0 bridgehead atoms. The maximum Gasteiger partial charge on any atom is 0.321 e. The number of carbonyl (C=O) groups is 2. The largest absolute Gasteiger partial charge is 0.496 e. The summed E-state index contributed by atoms with van der Waals surface area (Å²) < 4.78 is 5.54. The first-order valence-electron chi connectivity index (χ1n) is 12.7. The van der Waals surface area contributed by atoms with Crippen LogP contribution in [0.25, 0.3) is 33.4 Å². The van der Waals surface area contributed by atoms with Crippen molar-refractivity contribution in [2.45, 2.75) is 19.8 Å². The van der Waals surface area contributed by atoms with Gasteiger partial charge in [-0.25, -0.2) is 9.78 Å². The molecule has 1 saturated heterocycles. The van der Waals surface area contributed by atoms with Crippen molar-refractivity contribution in [2.75, 3.05) is 39.6 Å². The standard InChI is InChI=1S/C29H32N6O3/c1-18-11-13-35(14-12-18)29(37)31-24-10-9-19(15-22(24)28(36)34(2)3)20-16-23-26(32-33-27(23)30-17-20)21-7-5-6-8-25(21)38-4/h5-10,15-18H,11-14H2,1-4H3,(H,31,37)(H,30,32,33). The Kier molecular flexibility index (Phi) is 7.00. The molecule has 0 aliphatic carbocycles. The molecule has 9 heteroatoms. The number of anilines is 1. The molecule has 3 amide bonds. The molecular weight excluding hydrogens is 480 g/mol. The number of piperidine rings is 1. The average Bonchev–Trinajstić information content (AvgIpc) is 3.36. The lowest BCUT2D eigenvalue weighted by molar-refractivity contribution is 0.0828. The number of likely N-dealkylation sites (tertiary alicyclic amines) is 1. The summed E-state index contributed by atoms with van der Waals surface area (Å²) in [5, 5.41) is 11.3. The molecule has 0 spiro atoms. The minimum absolute atomic E-state index is 0.180. The molecule has 2 aromatic heterocycles. The van der Waals surface area contributed by atoms with Gasteiger partial charge in [0.1, 0.15) is 5.75 Å². The minimum atomic E-state index is -0.193. The van der Waals surface area contributed by atoms with Gasteiger partial charge in [-0.15, -0.1) is 0 Å². The number of fused-ring (bicyclic) bond motifs is 1. The topological polar surface area (TPSA) is 103 Å². The van der Waals surface area contributed by atoms with E-state index in [1.807, 2.05) is 47.4 Å². The molecule has 5 rings (SSSR count). The van der Waals surface area contributed by atoms with E-state index >= 15 is 0 Å². The van der Waals surface area contributed by atoms with Crippen LogP contribution >= 0.6 is 0 Å². The van der Waals surface area contributed by atoms with Gasteiger partial charge in [0.25, 0.3) is 5.91 Å². The van der Waals surface area contributed by atoms with E-state index in [0.717, 1.165) is 46.4 Å². The number of benzene rings is 2. The molecule has 1 aliphatic rings. The number of nitrogens with zero attached hydrogens (tertiary/aromatic N) is 4. The van der Waals surface area contributed by atoms with Gasteiger partial charge in [-0.05, 0) is 54.7 Å². The lowest BCUT2D eigenvalue weighted by Crippen LogP contribution is -2.41. The molecule has 1 aliphatic heterocycles. The molecule has 196 valence electrons. The van der Waals surface area contributed by atoms with Crippen molar-refractivity contribution in [1.82, 2.24) is 25.0 Å². The predicted octanol–water partition coefficient (Wildman–Crippen LogP) is 5.27. The van der Waals surface area contributed by atoms with Gasteiger partial charge in [0.05, 0.1) is 24.1 Å². The first-order chi connectivity index (χ1) is 18.4. The van der Waals surface area contributed by atoms with Crippen LogP contribution in [0.3, 0.4) is 0 Å². The van der Waals surface area contributed by atoms with Crippen molar-refractivity contribution in [1.29, 1.82) is 0 Å². The number of ether oxygens (including phenoxy) is 1. The molecule has 2 aromatic carbocycles. The monoisotopic (exact) mass is 512 g/mol. The minimum Gasteiger partial charge on any atom is -0.496 e. The summed E-state index contributed by atoms with van der Waals surface area (Å²) in [6, 6.07) is 15.0. The lowest BCUT2D eigenvalue weighted by atomic mass is 9.99. The third-order valence-corrected chi connectivity index (χ3v) is 7.09. The summed E-state index contributed by atoms with van der Waals surface area (Å²) in [5.41, 5.74) is 4.80. The Morgan fingerprint density at radius 2 is 1.84 bits per heavy atom. The zero-order chi connectivity index (χ0) is 26.8. The van der Waals surface area contributed by atoms with E-state index < -0.39 is 0 Å². The summed E-state index contributed by atoms with van der Waals surface area (Å²) in [6.45, 7) is 3.64. The zero-order valence-corrected chi connectivity index (χ0v) is 22.1. The van der Waals surface area contributed by atoms with Crippen molar-refractivity contribution >= 4 is 28.7 Å². The summed E-state index contributed by atoms with van der Waals surface area (Å²) >= 11 is 0. The number of urea groups is 1. The number of hydrogen-bond donors (Lipinski definition) is 2. The van der Waals surface area contributed by atoms with Gasteiger partial charge < -0.3 is 19.9 Å². The van der Waals surface area contributed by atoms with Crippen molar-refractivity contribution in [3.8, 4) is 28.1 Å². The van der Waals surface area contributed by atoms with E-state index in [0.29, 0.717) is 35.9 Å². The van der Waals surface area contributed by atoms with Gasteiger partial charge in [0.15, 0.2) is 5.65 Å². The Bertz CT molecular complexity index is 1490. The number of methoxy groups -OCH3 is 1. The molecule has 0 radical (unpaired) electrons. The molecule has 4 aromatic rings. The molecule has 0 atom stereocenters.